The van der Waals surface area contributed by atoms with Crippen molar-refractivity contribution in [2.45, 2.75) is 53.1 Å². The fourth-order valence-electron chi connectivity index (χ4n) is 5.60. The summed E-state index contributed by atoms with van der Waals surface area (Å²) in [7, 11) is 13.1. The van der Waals surface area contributed by atoms with Crippen LogP contribution in [0.4, 0.5) is 0 Å². The van der Waals surface area contributed by atoms with Gasteiger partial charge >= 0.3 is 206 Å². The van der Waals surface area contributed by atoms with Gasteiger partial charge in [-0.05, 0) is 0 Å². The summed E-state index contributed by atoms with van der Waals surface area (Å²) in [6.07, 6.45) is 10.5. The van der Waals surface area contributed by atoms with Crippen LogP contribution < -0.4 is 0 Å². The van der Waals surface area contributed by atoms with Crippen LogP contribution in [0.5, 0.6) is 0 Å². The maximum absolute atomic E-state index is 6.83. The van der Waals surface area contributed by atoms with E-state index in [1.54, 1.807) is 5.17 Å². The third-order valence-electron chi connectivity index (χ3n) is 6.80. The normalized spacial score (nSPS) is 22.5. The third-order valence-corrected chi connectivity index (χ3v) is 15.2. The van der Waals surface area contributed by atoms with Crippen LogP contribution in [0.2, 0.25) is 13.1 Å². The number of halogens is 2. The zero-order chi connectivity index (χ0) is 22.4. The first-order chi connectivity index (χ1) is 14.7. The zero-order valence-electron chi connectivity index (χ0n) is 19.3. The molecule has 0 spiro atoms. The molecule has 31 heavy (non-hydrogen) atoms. The van der Waals surface area contributed by atoms with Gasteiger partial charge in [0.1, 0.15) is 0 Å². The molecular formula is C27H31Cl2HfSi. The molecule has 0 saturated heterocycles. The van der Waals surface area contributed by atoms with Crippen LogP contribution in [0.3, 0.4) is 0 Å². The summed E-state index contributed by atoms with van der Waals surface area (Å²) in [4.78, 5) is 0. The number of hydrogen-bond donors (Lipinski definition) is 0. The molecule has 0 amide bonds. The molecule has 4 rings (SSSR count). The second-order valence-electron chi connectivity index (χ2n) is 9.61. The van der Waals surface area contributed by atoms with E-state index >= 15 is 0 Å². The zero-order valence-corrected chi connectivity index (χ0v) is 25.4. The van der Waals surface area contributed by atoms with Crippen molar-refractivity contribution in [3.05, 3.63) is 84.8 Å². The third kappa shape index (κ3) is 4.23. The van der Waals surface area contributed by atoms with Crippen molar-refractivity contribution in [3.63, 3.8) is 0 Å². The first kappa shape index (κ1) is 23.6. The Labute approximate surface area is 204 Å². The van der Waals surface area contributed by atoms with Gasteiger partial charge in [0, 0.05) is 0 Å². The summed E-state index contributed by atoms with van der Waals surface area (Å²) in [6, 6.07) is 8.88. The van der Waals surface area contributed by atoms with Crippen LogP contribution in [0.25, 0.3) is 6.08 Å². The van der Waals surface area contributed by atoms with Crippen LogP contribution in [-0.4, -0.2) is 13.6 Å². The van der Waals surface area contributed by atoms with E-state index < -0.39 is 27.5 Å². The summed E-state index contributed by atoms with van der Waals surface area (Å²) >= 11 is -2.83. The van der Waals surface area contributed by atoms with Gasteiger partial charge in [-0.15, -0.1) is 0 Å². The van der Waals surface area contributed by atoms with Gasteiger partial charge in [-0.25, -0.2) is 0 Å². The van der Waals surface area contributed by atoms with Gasteiger partial charge in [0.2, 0.25) is 0 Å². The van der Waals surface area contributed by atoms with Gasteiger partial charge in [0.15, 0.2) is 0 Å². The van der Waals surface area contributed by atoms with Crippen LogP contribution in [-0.2, 0) is 19.1 Å². The first-order valence-corrected chi connectivity index (χ1v) is 24.4. The SMILES string of the molecule is CC1=Cc2ccccc2C1C1=C2C(=CC=CC(=[Si](C)C)C2CC(C)C)[C]([Hf]([Cl])[Cl])=C1C. The van der Waals surface area contributed by atoms with Crippen molar-refractivity contribution in [3.8, 4) is 0 Å². The molecule has 2 atom stereocenters. The topological polar surface area (TPSA) is 0 Å². The molecule has 1 aromatic rings. The Morgan fingerprint density at radius 3 is 2.42 bits per heavy atom. The molecular weight excluding hydrogens is 602 g/mol. The van der Waals surface area contributed by atoms with Crippen molar-refractivity contribution in [2.24, 2.45) is 11.8 Å². The number of allylic oxidation sites excluding steroid dienone is 9. The Kier molecular flexibility index (Phi) is 7.14. The van der Waals surface area contributed by atoms with Crippen LogP contribution in [0.1, 0.15) is 51.2 Å². The van der Waals surface area contributed by atoms with Gasteiger partial charge in [-0.2, -0.15) is 0 Å². The van der Waals surface area contributed by atoms with Crippen molar-refractivity contribution in [1.82, 2.24) is 0 Å². The summed E-state index contributed by atoms with van der Waals surface area (Å²) in [6.45, 7) is 14.1. The van der Waals surface area contributed by atoms with Gasteiger partial charge in [-0.1, -0.05) is 0 Å². The Bertz CT molecular complexity index is 1110. The molecule has 2 unspecified atom stereocenters. The first-order valence-electron chi connectivity index (χ1n) is 11.2. The van der Waals surface area contributed by atoms with E-state index in [2.05, 4.69) is 89.4 Å². The molecule has 0 nitrogen and oxygen atoms in total. The molecule has 0 fully saturated rings. The standard InChI is InChI=1S/C27H31Si.2ClH.Hf/c1-17(2)14-23-24(28(5)6)13-9-11-21-16-19(4)26(27(21)23)25-18(3)15-20-10-7-8-12-22(20)25;;;/h7-13,15,17,23,25H,14H2,1-6H3;2*1H;/q;;;+2/p-2. The van der Waals surface area contributed by atoms with E-state index in [1.807, 2.05) is 0 Å². The van der Waals surface area contributed by atoms with Crippen LogP contribution in [0.15, 0.2) is 73.7 Å². The molecule has 161 valence electrons. The monoisotopic (exact) mass is 633 g/mol. The minimum absolute atomic E-state index is 0.310. The van der Waals surface area contributed by atoms with E-state index in [-0.39, 0.29) is 0 Å². The number of hydrogen-bond acceptors (Lipinski definition) is 0. The molecule has 0 aromatic heterocycles. The molecule has 1 aromatic carbocycles. The Hall–Kier alpha value is -0.543. The molecule has 0 heterocycles. The van der Waals surface area contributed by atoms with Crippen molar-refractivity contribution < 1.29 is 19.1 Å². The summed E-state index contributed by atoms with van der Waals surface area (Å²) in [5, 5.41) is 1.63. The minimum atomic E-state index is -2.83. The molecule has 0 aliphatic heterocycles. The van der Waals surface area contributed by atoms with E-state index in [0.29, 0.717) is 17.8 Å². The Balaban J connectivity index is 2.03. The summed E-state index contributed by atoms with van der Waals surface area (Å²) in [5.41, 5.74) is 9.97. The molecule has 0 N–H and O–H groups in total. The quantitative estimate of drug-likeness (QED) is 0.293. The second kappa shape index (κ2) is 9.37. The van der Waals surface area contributed by atoms with Gasteiger partial charge in [0.05, 0.1) is 0 Å². The Morgan fingerprint density at radius 1 is 1.06 bits per heavy atom. The molecule has 3 aliphatic rings. The van der Waals surface area contributed by atoms with Gasteiger partial charge < -0.3 is 0 Å². The van der Waals surface area contributed by atoms with Crippen molar-refractivity contribution >= 4 is 36.8 Å². The second-order valence-corrected chi connectivity index (χ2v) is 23.6. The molecule has 3 aliphatic carbocycles. The number of rotatable bonds is 4. The Morgan fingerprint density at radius 2 is 1.77 bits per heavy atom. The van der Waals surface area contributed by atoms with E-state index in [4.69, 9.17) is 17.2 Å². The molecule has 0 saturated carbocycles. The van der Waals surface area contributed by atoms with Crippen molar-refractivity contribution in [1.29, 1.82) is 0 Å². The van der Waals surface area contributed by atoms with Crippen LogP contribution >= 0.6 is 17.2 Å². The predicted molar refractivity (Wildman–Crippen MR) is 137 cm³/mol. The van der Waals surface area contributed by atoms with E-state index in [0.717, 1.165) is 0 Å². The number of benzene rings is 1. The average Bonchev–Trinajstić information content (AvgIpc) is 3.08. The van der Waals surface area contributed by atoms with E-state index in [1.165, 1.54) is 48.7 Å². The molecule has 0 bridgehead atoms. The van der Waals surface area contributed by atoms with Crippen molar-refractivity contribution in [2.75, 3.05) is 0 Å². The van der Waals surface area contributed by atoms with Crippen LogP contribution in [0, 0.1) is 11.8 Å². The van der Waals surface area contributed by atoms with E-state index in [9.17, 15) is 0 Å². The van der Waals surface area contributed by atoms with Gasteiger partial charge in [0.25, 0.3) is 0 Å². The molecule has 4 heteroatoms. The summed E-state index contributed by atoms with van der Waals surface area (Å²) in [5.74, 6) is 1.39. The average molecular weight is 633 g/mol. The molecule has 0 radical (unpaired) electrons. The summed E-state index contributed by atoms with van der Waals surface area (Å²) < 4.78 is 1.32. The fraction of sp³-hybridized carbons (Fsp3) is 0.370. The maximum atomic E-state index is 6.83. The predicted octanol–water partition coefficient (Wildman–Crippen LogP) is 8.36. The fourth-order valence-corrected chi connectivity index (χ4v) is 14.0. The number of fused-ring (bicyclic) bond motifs is 2. The van der Waals surface area contributed by atoms with Gasteiger partial charge in [-0.3, -0.25) is 0 Å².